The van der Waals surface area contributed by atoms with Crippen molar-refractivity contribution in [3.05, 3.63) is 41.8 Å². The highest BCUT2D eigenvalue weighted by Crippen LogP contribution is 2.31. The van der Waals surface area contributed by atoms with E-state index in [1.165, 1.54) is 0 Å². The first kappa shape index (κ1) is 17.2. The topological polar surface area (TPSA) is 64.8 Å². The third kappa shape index (κ3) is 3.52. The third-order valence-corrected chi connectivity index (χ3v) is 5.18. The molecule has 6 heteroatoms. The molecule has 2 fully saturated rings. The van der Waals surface area contributed by atoms with Gasteiger partial charge >= 0.3 is 0 Å². The van der Waals surface area contributed by atoms with Crippen molar-refractivity contribution in [2.75, 3.05) is 26.3 Å². The zero-order valence-electron chi connectivity index (χ0n) is 15.1. The second kappa shape index (κ2) is 7.21. The average molecular weight is 356 g/mol. The summed E-state index contributed by atoms with van der Waals surface area (Å²) in [6.07, 6.45) is 2.53. The Balaban J connectivity index is 1.33. The van der Waals surface area contributed by atoms with Gasteiger partial charge in [0.25, 0.3) is 0 Å². The second-order valence-electron chi connectivity index (χ2n) is 6.88. The van der Waals surface area contributed by atoms with E-state index >= 15 is 0 Å². The molecule has 0 unspecified atom stereocenters. The fraction of sp³-hybridized carbons (Fsp3) is 0.500. The van der Waals surface area contributed by atoms with Crippen LogP contribution in [0, 0.1) is 6.92 Å². The molecule has 1 amide bonds. The lowest BCUT2D eigenvalue weighted by Gasteiger charge is -2.37. The molecular weight excluding hydrogens is 332 g/mol. The molecule has 138 valence electrons. The molecule has 0 N–H and O–H groups in total. The van der Waals surface area contributed by atoms with Crippen molar-refractivity contribution in [2.45, 2.75) is 38.4 Å². The third-order valence-electron chi connectivity index (χ3n) is 5.18. The van der Waals surface area contributed by atoms with Crippen molar-refractivity contribution in [3.8, 4) is 11.5 Å². The molecule has 2 aliphatic heterocycles. The zero-order valence-corrected chi connectivity index (χ0v) is 15.1. The van der Waals surface area contributed by atoms with Gasteiger partial charge in [-0.05, 0) is 19.1 Å². The van der Waals surface area contributed by atoms with Crippen LogP contribution in [0.2, 0.25) is 0 Å². The van der Waals surface area contributed by atoms with Gasteiger partial charge in [0.2, 0.25) is 11.8 Å². The van der Waals surface area contributed by atoms with Gasteiger partial charge in [-0.15, -0.1) is 0 Å². The Kier molecular flexibility index (Phi) is 4.78. The van der Waals surface area contributed by atoms with E-state index in [2.05, 4.69) is 4.98 Å². The van der Waals surface area contributed by atoms with Crippen LogP contribution < -0.4 is 0 Å². The monoisotopic (exact) mass is 356 g/mol. The number of amides is 1. The number of rotatable bonds is 4. The van der Waals surface area contributed by atoms with Crippen molar-refractivity contribution in [1.82, 2.24) is 9.88 Å². The van der Waals surface area contributed by atoms with Crippen molar-refractivity contribution in [3.63, 3.8) is 0 Å². The Morgan fingerprint density at radius 1 is 1.15 bits per heavy atom. The van der Waals surface area contributed by atoms with Crippen LogP contribution in [0.5, 0.6) is 0 Å². The van der Waals surface area contributed by atoms with Crippen molar-refractivity contribution in [2.24, 2.45) is 0 Å². The smallest absolute Gasteiger partial charge is 0.226 e. The molecule has 26 heavy (non-hydrogen) atoms. The Morgan fingerprint density at radius 3 is 2.54 bits per heavy atom. The molecule has 4 rings (SSSR count). The second-order valence-corrected chi connectivity index (χ2v) is 6.88. The number of aryl methyl sites for hydroxylation is 2. The number of carbonyl (C=O) groups excluding carboxylic acids is 1. The van der Waals surface area contributed by atoms with Gasteiger partial charge in [0.05, 0.1) is 18.9 Å². The molecule has 1 aromatic carbocycles. The van der Waals surface area contributed by atoms with Crippen LogP contribution >= 0.6 is 0 Å². The molecule has 0 aliphatic carbocycles. The van der Waals surface area contributed by atoms with Crippen LogP contribution in [0.25, 0.3) is 11.5 Å². The van der Waals surface area contributed by atoms with E-state index in [0.717, 1.165) is 29.9 Å². The molecule has 2 saturated heterocycles. The predicted octanol–water partition coefficient (Wildman–Crippen LogP) is 2.95. The summed E-state index contributed by atoms with van der Waals surface area (Å²) < 4.78 is 17.2. The number of oxazole rings is 1. The number of piperidine rings is 1. The Bertz CT molecular complexity index is 755. The molecular formula is C20H24N2O4. The Hall–Kier alpha value is -2.18. The maximum Gasteiger partial charge on any atom is 0.226 e. The predicted molar refractivity (Wildman–Crippen MR) is 95.4 cm³/mol. The van der Waals surface area contributed by atoms with E-state index < -0.39 is 5.79 Å². The van der Waals surface area contributed by atoms with Gasteiger partial charge in [-0.2, -0.15) is 0 Å². The van der Waals surface area contributed by atoms with E-state index in [0.29, 0.717) is 45.0 Å². The summed E-state index contributed by atoms with van der Waals surface area (Å²) in [5.41, 5.74) is 1.80. The van der Waals surface area contributed by atoms with Gasteiger partial charge in [-0.3, -0.25) is 4.79 Å². The van der Waals surface area contributed by atoms with E-state index in [4.69, 9.17) is 13.9 Å². The highest BCUT2D eigenvalue weighted by Gasteiger charge is 2.40. The van der Waals surface area contributed by atoms with Gasteiger partial charge in [0.1, 0.15) is 5.76 Å². The summed E-state index contributed by atoms with van der Waals surface area (Å²) in [5, 5.41) is 0. The summed E-state index contributed by atoms with van der Waals surface area (Å²) in [4.78, 5) is 19.0. The number of likely N-dealkylation sites (tertiary alicyclic amines) is 1. The number of hydrogen-bond donors (Lipinski definition) is 0. The normalized spacial score (nSPS) is 19.2. The largest absolute Gasteiger partial charge is 0.441 e. The minimum absolute atomic E-state index is 0.154. The average Bonchev–Trinajstić information content (AvgIpc) is 3.28. The van der Waals surface area contributed by atoms with Crippen LogP contribution in [0.1, 0.15) is 30.7 Å². The lowest BCUT2D eigenvalue weighted by atomic mass is 10.0. The van der Waals surface area contributed by atoms with Crippen LogP contribution in [0.3, 0.4) is 0 Å². The molecule has 0 saturated carbocycles. The van der Waals surface area contributed by atoms with Crippen molar-refractivity contribution < 1.29 is 18.7 Å². The Labute approximate surface area is 153 Å². The maximum absolute atomic E-state index is 12.5. The minimum Gasteiger partial charge on any atom is -0.441 e. The van der Waals surface area contributed by atoms with Crippen molar-refractivity contribution >= 4 is 5.91 Å². The molecule has 0 atom stereocenters. The van der Waals surface area contributed by atoms with Crippen LogP contribution in [0.15, 0.2) is 34.7 Å². The lowest BCUT2D eigenvalue weighted by molar-refractivity contribution is -0.187. The standard InChI is InChI=1S/C20H24N2O4/c1-15-17(21-19(26-15)16-5-3-2-4-6-16)7-8-18(23)22-11-9-20(10-12-22)24-13-14-25-20/h2-6H,7-14H2,1H3. The van der Waals surface area contributed by atoms with Crippen LogP contribution in [0.4, 0.5) is 0 Å². The van der Waals surface area contributed by atoms with Gasteiger partial charge in [-0.25, -0.2) is 4.98 Å². The number of ether oxygens (including phenoxy) is 2. The van der Waals surface area contributed by atoms with E-state index in [-0.39, 0.29) is 5.91 Å². The fourth-order valence-electron chi connectivity index (χ4n) is 3.63. The lowest BCUT2D eigenvalue weighted by Crippen LogP contribution is -2.47. The van der Waals surface area contributed by atoms with Gasteiger partial charge in [-0.1, -0.05) is 18.2 Å². The first-order valence-corrected chi connectivity index (χ1v) is 9.23. The summed E-state index contributed by atoms with van der Waals surface area (Å²) >= 11 is 0. The first-order valence-electron chi connectivity index (χ1n) is 9.23. The number of aromatic nitrogens is 1. The highest BCUT2D eigenvalue weighted by molar-refractivity contribution is 5.76. The molecule has 1 aromatic heterocycles. The summed E-state index contributed by atoms with van der Waals surface area (Å²) in [6, 6.07) is 9.81. The highest BCUT2D eigenvalue weighted by atomic mass is 16.7. The Morgan fingerprint density at radius 2 is 1.85 bits per heavy atom. The van der Waals surface area contributed by atoms with E-state index in [9.17, 15) is 4.79 Å². The number of nitrogens with zero attached hydrogens (tertiary/aromatic N) is 2. The quantitative estimate of drug-likeness (QED) is 0.843. The van der Waals surface area contributed by atoms with Crippen LogP contribution in [-0.4, -0.2) is 47.9 Å². The summed E-state index contributed by atoms with van der Waals surface area (Å²) in [5.74, 6) is 1.11. The summed E-state index contributed by atoms with van der Waals surface area (Å²) in [6.45, 7) is 4.59. The van der Waals surface area contributed by atoms with E-state index in [1.807, 2.05) is 42.2 Å². The maximum atomic E-state index is 12.5. The number of hydrogen-bond acceptors (Lipinski definition) is 5. The van der Waals surface area contributed by atoms with Crippen molar-refractivity contribution in [1.29, 1.82) is 0 Å². The van der Waals surface area contributed by atoms with E-state index in [1.54, 1.807) is 0 Å². The molecule has 1 spiro atoms. The SMILES string of the molecule is Cc1oc(-c2ccccc2)nc1CCC(=O)N1CCC2(CC1)OCCO2. The summed E-state index contributed by atoms with van der Waals surface area (Å²) in [7, 11) is 0. The molecule has 2 aromatic rings. The molecule has 3 heterocycles. The molecule has 0 radical (unpaired) electrons. The van der Waals surface area contributed by atoms with Gasteiger partial charge < -0.3 is 18.8 Å². The first-order chi connectivity index (χ1) is 12.7. The number of carbonyl (C=O) groups is 1. The molecule has 6 nitrogen and oxygen atoms in total. The molecule has 2 aliphatic rings. The number of benzene rings is 1. The zero-order chi connectivity index (χ0) is 18.0. The molecule has 0 bridgehead atoms. The fourth-order valence-corrected chi connectivity index (χ4v) is 3.63. The van der Waals surface area contributed by atoms with Crippen LogP contribution in [-0.2, 0) is 20.7 Å². The minimum atomic E-state index is -0.440. The van der Waals surface area contributed by atoms with Gasteiger partial charge in [0, 0.05) is 44.3 Å². The van der Waals surface area contributed by atoms with Gasteiger partial charge in [0.15, 0.2) is 5.79 Å².